The molecule has 1 aromatic carbocycles. The van der Waals surface area contributed by atoms with Gasteiger partial charge in [0.1, 0.15) is 23.6 Å². The number of pyridine rings is 1. The van der Waals surface area contributed by atoms with Crippen molar-refractivity contribution in [3.63, 3.8) is 0 Å². The van der Waals surface area contributed by atoms with Crippen molar-refractivity contribution in [3.05, 3.63) is 58.0 Å². The maximum Gasteiger partial charge on any atom is 0.353 e. The average Bonchev–Trinajstić information content (AvgIpc) is 2.84. The van der Waals surface area contributed by atoms with Crippen LogP contribution in [0.15, 0.2) is 42.9 Å². The molecule has 4 rings (SSSR count). The molecular formula is C21H22ClN7O4. The summed E-state index contributed by atoms with van der Waals surface area (Å²) in [7, 11) is 2.97. The molecule has 33 heavy (non-hydrogen) atoms. The summed E-state index contributed by atoms with van der Waals surface area (Å²) in [6.45, 7) is 2.41. The number of halogens is 1. The third-order valence-corrected chi connectivity index (χ3v) is 5.56. The van der Waals surface area contributed by atoms with Gasteiger partial charge in [0.25, 0.3) is 0 Å². The Hall–Kier alpha value is -3.86. The Balaban J connectivity index is 1.61. The minimum Gasteiger partial charge on any atom is -0.495 e. The van der Waals surface area contributed by atoms with Crippen molar-refractivity contribution in [2.24, 2.45) is 0 Å². The van der Waals surface area contributed by atoms with Crippen molar-refractivity contribution in [3.8, 4) is 11.5 Å². The van der Waals surface area contributed by atoms with Crippen LogP contribution in [0.5, 0.6) is 11.5 Å². The molecule has 0 atom stereocenters. The normalized spacial score (nSPS) is 13.5. The zero-order valence-corrected chi connectivity index (χ0v) is 18.8. The SMILES string of the molecule is COc1cc(OC)c(Nc2ncnc(N3CCN(c4ccccn4)CC3)c2[N+](=O)[O-])cc1Cl. The maximum atomic E-state index is 12.0. The van der Waals surface area contributed by atoms with Gasteiger partial charge in [-0.15, -0.1) is 0 Å². The highest BCUT2D eigenvalue weighted by molar-refractivity contribution is 6.32. The second-order valence-corrected chi connectivity index (χ2v) is 7.53. The number of hydrogen-bond acceptors (Lipinski definition) is 10. The summed E-state index contributed by atoms with van der Waals surface area (Å²) in [6.07, 6.45) is 3.04. The number of methoxy groups -OCH3 is 2. The van der Waals surface area contributed by atoms with Gasteiger partial charge in [0.15, 0.2) is 0 Å². The van der Waals surface area contributed by atoms with Gasteiger partial charge in [0.05, 0.1) is 29.9 Å². The predicted molar refractivity (Wildman–Crippen MR) is 125 cm³/mol. The van der Waals surface area contributed by atoms with Crippen LogP contribution in [0.3, 0.4) is 0 Å². The van der Waals surface area contributed by atoms with Crippen LogP contribution in [0.4, 0.5) is 28.8 Å². The van der Waals surface area contributed by atoms with Crippen LogP contribution in [0.1, 0.15) is 0 Å². The molecule has 11 nitrogen and oxygen atoms in total. The molecule has 1 aliphatic heterocycles. The van der Waals surface area contributed by atoms with Crippen molar-refractivity contribution in [2.45, 2.75) is 0 Å². The summed E-state index contributed by atoms with van der Waals surface area (Å²) >= 11 is 6.24. The fraction of sp³-hybridized carbons (Fsp3) is 0.286. The fourth-order valence-electron chi connectivity index (χ4n) is 3.63. The van der Waals surface area contributed by atoms with Gasteiger partial charge in [-0.1, -0.05) is 17.7 Å². The number of hydrogen-bond donors (Lipinski definition) is 1. The van der Waals surface area contributed by atoms with E-state index in [1.54, 1.807) is 18.3 Å². The molecule has 0 bridgehead atoms. The molecule has 0 spiro atoms. The molecule has 1 aliphatic rings. The number of anilines is 4. The van der Waals surface area contributed by atoms with Gasteiger partial charge >= 0.3 is 5.69 Å². The summed E-state index contributed by atoms with van der Waals surface area (Å²) in [5, 5.41) is 15.3. The lowest BCUT2D eigenvalue weighted by molar-refractivity contribution is -0.383. The molecule has 12 heteroatoms. The zero-order chi connectivity index (χ0) is 23.4. The number of piperazine rings is 1. The number of nitro groups is 1. The van der Waals surface area contributed by atoms with Crippen LogP contribution in [0.25, 0.3) is 0 Å². The standard InChI is InChI=1S/C21H22ClN7O4/c1-32-16-12-17(33-2)15(11-14(16)22)26-20-19(29(30)31)21(25-13-24-20)28-9-7-27(8-10-28)18-5-3-4-6-23-18/h3-6,11-13H,7-10H2,1-2H3,(H,24,25,26). The van der Waals surface area contributed by atoms with Crippen LogP contribution < -0.4 is 24.6 Å². The average molecular weight is 472 g/mol. The number of ether oxygens (including phenoxy) is 2. The molecule has 2 aromatic heterocycles. The van der Waals surface area contributed by atoms with Gasteiger partial charge in [0.2, 0.25) is 11.6 Å². The lowest BCUT2D eigenvalue weighted by Crippen LogP contribution is -2.47. The van der Waals surface area contributed by atoms with Gasteiger partial charge in [-0.25, -0.2) is 15.0 Å². The van der Waals surface area contributed by atoms with Crippen molar-refractivity contribution in [2.75, 3.05) is 55.5 Å². The third kappa shape index (κ3) is 4.67. The van der Waals surface area contributed by atoms with Crippen LogP contribution in [0, 0.1) is 10.1 Å². The molecule has 3 heterocycles. The third-order valence-electron chi connectivity index (χ3n) is 5.27. The van der Waals surface area contributed by atoms with E-state index in [4.69, 9.17) is 21.1 Å². The Kier molecular flexibility index (Phi) is 6.59. The van der Waals surface area contributed by atoms with E-state index in [1.165, 1.54) is 20.5 Å². The Morgan fingerprint density at radius 3 is 2.39 bits per heavy atom. The molecule has 1 fully saturated rings. The highest BCUT2D eigenvalue weighted by Gasteiger charge is 2.30. The van der Waals surface area contributed by atoms with E-state index in [0.29, 0.717) is 48.4 Å². The predicted octanol–water partition coefficient (Wildman–Crippen LogP) is 3.52. The van der Waals surface area contributed by atoms with Gasteiger partial charge < -0.3 is 24.6 Å². The second kappa shape index (κ2) is 9.74. The van der Waals surface area contributed by atoms with E-state index >= 15 is 0 Å². The van der Waals surface area contributed by atoms with Gasteiger partial charge in [0, 0.05) is 38.4 Å². The smallest absolute Gasteiger partial charge is 0.353 e. The number of nitrogens with one attached hydrogen (secondary N) is 1. The summed E-state index contributed by atoms with van der Waals surface area (Å²) < 4.78 is 10.6. The molecule has 3 aromatic rings. The lowest BCUT2D eigenvalue weighted by Gasteiger charge is -2.35. The molecule has 0 radical (unpaired) electrons. The molecule has 1 N–H and O–H groups in total. The lowest BCUT2D eigenvalue weighted by atomic mass is 10.2. The van der Waals surface area contributed by atoms with E-state index in [1.807, 2.05) is 23.1 Å². The first-order valence-electron chi connectivity index (χ1n) is 10.1. The van der Waals surface area contributed by atoms with Crippen LogP contribution in [-0.4, -0.2) is 60.3 Å². The summed E-state index contributed by atoms with van der Waals surface area (Å²) in [4.78, 5) is 28.3. The van der Waals surface area contributed by atoms with Crippen LogP contribution >= 0.6 is 11.6 Å². The summed E-state index contributed by atoms with van der Waals surface area (Å²) in [5.74, 6) is 1.98. The topological polar surface area (TPSA) is 119 Å². The number of aromatic nitrogens is 3. The van der Waals surface area contributed by atoms with Crippen molar-refractivity contribution in [1.82, 2.24) is 15.0 Å². The van der Waals surface area contributed by atoms with Gasteiger partial charge in [-0.3, -0.25) is 10.1 Å². The highest BCUT2D eigenvalue weighted by Crippen LogP contribution is 2.40. The van der Waals surface area contributed by atoms with Gasteiger partial charge in [-0.05, 0) is 18.2 Å². The Morgan fingerprint density at radius 2 is 1.76 bits per heavy atom. The summed E-state index contributed by atoms with van der Waals surface area (Å²) in [5.41, 5.74) is 0.189. The molecule has 1 saturated heterocycles. The van der Waals surface area contributed by atoms with Crippen molar-refractivity contribution >= 4 is 40.4 Å². The molecular weight excluding hydrogens is 450 g/mol. The largest absolute Gasteiger partial charge is 0.495 e. The summed E-state index contributed by atoms with van der Waals surface area (Å²) in [6, 6.07) is 8.90. The first-order valence-corrected chi connectivity index (χ1v) is 10.5. The minimum atomic E-state index is -0.486. The molecule has 0 aliphatic carbocycles. The van der Waals surface area contributed by atoms with Crippen molar-refractivity contribution in [1.29, 1.82) is 0 Å². The molecule has 172 valence electrons. The van der Waals surface area contributed by atoms with Crippen LogP contribution in [0.2, 0.25) is 5.02 Å². The number of benzene rings is 1. The van der Waals surface area contributed by atoms with E-state index in [-0.39, 0.29) is 17.3 Å². The Bertz CT molecular complexity index is 1140. The Labute approximate surface area is 195 Å². The maximum absolute atomic E-state index is 12.0. The van der Waals surface area contributed by atoms with E-state index in [0.717, 1.165) is 5.82 Å². The molecule has 0 amide bonds. The molecule has 0 unspecified atom stereocenters. The zero-order valence-electron chi connectivity index (χ0n) is 18.1. The number of rotatable bonds is 7. The van der Waals surface area contributed by atoms with Gasteiger partial charge in [-0.2, -0.15) is 0 Å². The number of nitrogens with zero attached hydrogens (tertiary/aromatic N) is 6. The molecule has 0 saturated carbocycles. The van der Waals surface area contributed by atoms with E-state index in [9.17, 15) is 10.1 Å². The van der Waals surface area contributed by atoms with E-state index in [2.05, 4.69) is 25.2 Å². The van der Waals surface area contributed by atoms with Crippen LogP contribution in [-0.2, 0) is 0 Å². The Morgan fingerprint density at radius 1 is 1.03 bits per heavy atom. The first kappa shape index (κ1) is 22.3. The van der Waals surface area contributed by atoms with Crippen molar-refractivity contribution < 1.29 is 14.4 Å². The second-order valence-electron chi connectivity index (χ2n) is 7.13. The van der Waals surface area contributed by atoms with E-state index < -0.39 is 4.92 Å². The first-order chi connectivity index (χ1) is 16.0. The fourth-order valence-corrected chi connectivity index (χ4v) is 3.87. The highest BCUT2D eigenvalue weighted by atomic mass is 35.5. The monoisotopic (exact) mass is 471 g/mol. The minimum absolute atomic E-state index is 0.0386. The quantitative estimate of drug-likeness (QED) is 0.404.